The number of hydrogen-bond donors (Lipinski definition) is 2. The van der Waals surface area contributed by atoms with Gasteiger partial charge in [-0.1, -0.05) is 32.8 Å². The Labute approximate surface area is 92.1 Å². The molecular formula is C12H21N3. The fourth-order valence-electron chi connectivity index (χ4n) is 1.81. The van der Waals surface area contributed by atoms with Gasteiger partial charge in [-0.3, -0.25) is 16.3 Å². The Kier molecular flexibility index (Phi) is 5.29. The van der Waals surface area contributed by atoms with E-state index in [-0.39, 0.29) is 6.04 Å². The first-order valence-electron chi connectivity index (χ1n) is 5.68. The molecule has 0 saturated heterocycles. The number of rotatable bonds is 6. The third-order valence-electron chi connectivity index (χ3n) is 2.97. The largest absolute Gasteiger partial charge is 0.271 e. The van der Waals surface area contributed by atoms with Crippen LogP contribution in [0, 0.1) is 5.92 Å². The molecule has 0 amide bonds. The van der Waals surface area contributed by atoms with Crippen molar-refractivity contribution in [1.29, 1.82) is 0 Å². The van der Waals surface area contributed by atoms with E-state index in [1.807, 2.05) is 24.4 Å². The SMILES string of the molecule is CCC(CC)CC(NN)c1ccccn1. The number of nitrogens with two attached hydrogens (primary N) is 1. The summed E-state index contributed by atoms with van der Waals surface area (Å²) in [6, 6.07) is 6.12. The maximum atomic E-state index is 5.57. The lowest BCUT2D eigenvalue weighted by atomic mass is 9.93. The maximum Gasteiger partial charge on any atom is 0.0634 e. The van der Waals surface area contributed by atoms with Crippen LogP contribution in [0.25, 0.3) is 0 Å². The second kappa shape index (κ2) is 6.53. The van der Waals surface area contributed by atoms with Gasteiger partial charge in [-0.2, -0.15) is 0 Å². The quantitative estimate of drug-likeness (QED) is 0.556. The molecule has 1 aromatic heterocycles. The Morgan fingerprint density at radius 2 is 2.07 bits per heavy atom. The van der Waals surface area contributed by atoms with E-state index in [1.165, 1.54) is 12.8 Å². The Morgan fingerprint density at radius 3 is 2.53 bits per heavy atom. The number of hydrogen-bond acceptors (Lipinski definition) is 3. The average molecular weight is 207 g/mol. The molecule has 3 nitrogen and oxygen atoms in total. The van der Waals surface area contributed by atoms with Crippen molar-refractivity contribution >= 4 is 0 Å². The fourth-order valence-corrected chi connectivity index (χ4v) is 1.81. The van der Waals surface area contributed by atoms with Crippen LogP contribution in [0.4, 0.5) is 0 Å². The standard InChI is InChI=1S/C12H21N3/c1-3-10(4-2)9-12(15-13)11-7-5-6-8-14-11/h5-8,10,12,15H,3-4,9,13H2,1-2H3. The zero-order valence-electron chi connectivity index (χ0n) is 9.61. The Bertz CT molecular complexity index is 257. The third kappa shape index (κ3) is 3.61. The number of nitrogens with zero attached hydrogens (tertiary/aromatic N) is 1. The predicted molar refractivity (Wildman–Crippen MR) is 63.0 cm³/mol. The van der Waals surface area contributed by atoms with Crippen LogP contribution in [-0.4, -0.2) is 4.98 Å². The van der Waals surface area contributed by atoms with Crippen molar-refractivity contribution in [2.75, 3.05) is 0 Å². The molecule has 0 aliphatic rings. The van der Waals surface area contributed by atoms with Crippen molar-refractivity contribution in [3.8, 4) is 0 Å². The highest BCUT2D eigenvalue weighted by Crippen LogP contribution is 2.22. The van der Waals surface area contributed by atoms with Crippen molar-refractivity contribution in [2.45, 2.75) is 39.2 Å². The lowest BCUT2D eigenvalue weighted by Crippen LogP contribution is -2.30. The van der Waals surface area contributed by atoms with Gasteiger partial charge in [0.25, 0.3) is 0 Å². The first kappa shape index (κ1) is 12.1. The van der Waals surface area contributed by atoms with Crippen molar-refractivity contribution < 1.29 is 0 Å². The van der Waals surface area contributed by atoms with Gasteiger partial charge in [-0.05, 0) is 24.5 Å². The molecule has 3 N–H and O–H groups in total. The molecule has 1 aromatic rings. The molecule has 84 valence electrons. The number of nitrogens with one attached hydrogen (secondary N) is 1. The molecule has 1 rings (SSSR count). The molecule has 1 atom stereocenters. The molecule has 0 aliphatic carbocycles. The summed E-state index contributed by atoms with van der Waals surface area (Å²) in [6.07, 6.45) is 5.26. The summed E-state index contributed by atoms with van der Waals surface area (Å²) < 4.78 is 0. The summed E-state index contributed by atoms with van der Waals surface area (Å²) in [5, 5.41) is 0. The van der Waals surface area contributed by atoms with Gasteiger partial charge in [-0.15, -0.1) is 0 Å². The Balaban J connectivity index is 2.64. The summed E-state index contributed by atoms with van der Waals surface area (Å²) in [5.74, 6) is 6.29. The van der Waals surface area contributed by atoms with Crippen molar-refractivity contribution in [1.82, 2.24) is 10.4 Å². The highest BCUT2D eigenvalue weighted by molar-refractivity contribution is 5.08. The van der Waals surface area contributed by atoms with Crippen LogP contribution >= 0.6 is 0 Å². The predicted octanol–water partition coefficient (Wildman–Crippen LogP) is 2.41. The lowest BCUT2D eigenvalue weighted by molar-refractivity contribution is 0.370. The average Bonchev–Trinajstić information content (AvgIpc) is 2.32. The van der Waals surface area contributed by atoms with Gasteiger partial charge in [0.1, 0.15) is 0 Å². The molecule has 0 fully saturated rings. The first-order chi connectivity index (χ1) is 7.31. The zero-order valence-corrected chi connectivity index (χ0v) is 9.61. The molecule has 0 aromatic carbocycles. The summed E-state index contributed by atoms with van der Waals surface area (Å²) in [4.78, 5) is 4.33. The fraction of sp³-hybridized carbons (Fsp3) is 0.583. The molecule has 0 spiro atoms. The van der Waals surface area contributed by atoms with Gasteiger partial charge in [0.05, 0.1) is 11.7 Å². The van der Waals surface area contributed by atoms with E-state index in [4.69, 9.17) is 5.84 Å². The van der Waals surface area contributed by atoms with Crippen LogP contribution in [0.15, 0.2) is 24.4 Å². The van der Waals surface area contributed by atoms with Gasteiger partial charge < -0.3 is 0 Å². The summed E-state index contributed by atoms with van der Waals surface area (Å²) >= 11 is 0. The minimum absolute atomic E-state index is 0.177. The minimum atomic E-state index is 0.177. The highest BCUT2D eigenvalue weighted by Gasteiger charge is 2.15. The monoisotopic (exact) mass is 207 g/mol. The summed E-state index contributed by atoms with van der Waals surface area (Å²) in [5.41, 5.74) is 3.89. The normalized spacial score (nSPS) is 13.1. The Morgan fingerprint density at radius 1 is 1.33 bits per heavy atom. The van der Waals surface area contributed by atoms with Crippen LogP contribution in [-0.2, 0) is 0 Å². The number of aromatic nitrogens is 1. The molecule has 0 saturated carbocycles. The van der Waals surface area contributed by atoms with Gasteiger partial charge in [0.2, 0.25) is 0 Å². The lowest BCUT2D eigenvalue weighted by Gasteiger charge is -2.20. The molecule has 15 heavy (non-hydrogen) atoms. The molecule has 0 radical (unpaired) electrons. The topological polar surface area (TPSA) is 50.9 Å². The van der Waals surface area contributed by atoms with Crippen LogP contribution in [0.3, 0.4) is 0 Å². The van der Waals surface area contributed by atoms with Crippen LogP contribution in [0.2, 0.25) is 0 Å². The van der Waals surface area contributed by atoms with E-state index in [0.29, 0.717) is 5.92 Å². The summed E-state index contributed by atoms with van der Waals surface area (Å²) in [6.45, 7) is 4.44. The van der Waals surface area contributed by atoms with E-state index in [1.54, 1.807) is 0 Å². The molecule has 0 aliphatic heterocycles. The van der Waals surface area contributed by atoms with Crippen molar-refractivity contribution in [3.63, 3.8) is 0 Å². The van der Waals surface area contributed by atoms with Crippen molar-refractivity contribution in [2.24, 2.45) is 11.8 Å². The van der Waals surface area contributed by atoms with E-state index in [9.17, 15) is 0 Å². The van der Waals surface area contributed by atoms with E-state index in [2.05, 4.69) is 24.3 Å². The van der Waals surface area contributed by atoms with Crippen molar-refractivity contribution in [3.05, 3.63) is 30.1 Å². The third-order valence-corrected chi connectivity index (χ3v) is 2.97. The molecular weight excluding hydrogens is 186 g/mol. The summed E-state index contributed by atoms with van der Waals surface area (Å²) in [7, 11) is 0. The van der Waals surface area contributed by atoms with Gasteiger partial charge in [0, 0.05) is 6.20 Å². The minimum Gasteiger partial charge on any atom is -0.271 e. The first-order valence-corrected chi connectivity index (χ1v) is 5.68. The smallest absolute Gasteiger partial charge is 0.0634 e. The van der Waals surface area contributed by atoms with Crippen LogP contribution in [0.5, 0.6) is 0 Å². The molecule has 1 heterocycles. The van der Waals surface area contributed by atoms with E-state index in [0.717, 1.165) is 12.1 Å². The van der Waals surface area contributed by atoms with Gasteiger partial charge >= 0.3 is 0 Å². The maximum absolute atomic E-state index is 5.57. The second-order valence-corrected chi connectivity index (χ2v) is 3.89. The number of pyridine rings is 1. The highest BCUT2D eigenvalue weighted by atomic mass is 15.2. The second-order valence-electron chi connectivity index (χ2n) is 3.89. The molecule has 3 heteroatoms. The Hall–Kier alpha value is -0.930. The van der Waals surface area contributed by atoms with Crippen LogP contribution < -0.4 is 11.3 Å². The van der Waals surface area contributed by atoms with Gasteiger partial charge in [-0.25, -0.2) is 0 Å². The molecule has 0 bridgehead atoms. The van der Waals surface area contributed by atoms with E-state index >= 15 is 0 Å². The van der Waals surface area contributed by atoms with E-state index < -0.39 is 0 Å². The zero-order chi connectivity index (χ0) is 11.1. The number of hydrazine groups is 1. The van der Waals surface area contributed by atoms with Crippen LogP contribution in [0.1, 0.15) is 44.8 Å². The van der Waals surface area contributed by atoms with Gasteiger partial charge in [0.15, 0.2) is 0 Å². The molecule has 1 unspecified atom stereocenters.